The van der Waals surface area contributed by atoms with Gasteiger partial charge in [0.25, 0.3) is 0 Å². The van der Waals surface area contributed by atoms with Crippen molar-refractivity contribution in [3.05, 3.63) is 64.9 Å². The summed E-state index contributed by atoms with van der Waals surface area (Å²) in [4.78, 5) is 27.4. The SMILES string of the molecule is CC[C@@H](C)NC(=O)[C@H](C)N(Cc1cccc(Cl)c1)C(=O)CN(c1ccccc1F)S(C)(=O)=O. The van der Waals surface area contributed by atoms with Crippen LogP contribution in [0.15, 0.2) is 48.5 Å². The predicted octanol–water partition coefficient (Wildman–Crippen LogP) is 3.58. The summed E-state index contributed by atoms with van der Waals surface area (Å²) in [6.45, 7) is 4.68. The van der Waals surface area contributed by atoms with Crippen molar-refractivity contribution in [3.8, 4) is 0 Å². The van der Waals surface area contributed by atoms with Crippen LogP contribution in [-0.4, -0.2) is 50.0 Å². The Bertz CT molecular complexity index is 1100. The summed E-state index contributed by atoms with van der Waals surface area (Å²) in [5.74, 6) is -1.81. The average Bonchev–Trinajstić information content (AvgIpc) is 2.75. The van der Waals surface area contributed by atoms with Gasteiger partial charge >= 0.3 is 0 Å². The quantitative estimate of drug-likeness (QED) is 0.543. The van der Waals surface area contributed by atoms with Crippen molar-refractivity contribution in [2.24, 2.45) is 0 Å². The van der Waals surface area contributed by atoms with Crippen molar-refractivity contribution in [2.45, 2.75) is 45.8 Å². The fraction of sp³-hybridized carbons (Fsp3) is 0.391. The molecule has 0 saturated carbocycles. The molecular weight excluding hydrogens is 469 g/mol. The normalized spacial score (nSPS) is 13.2. The Kier molecular flexibility index (Phi) is 9.25. The van der Waals surface area contributed by atoms with Crippen LogP contribution in [0.2, 0.25) is 5.02 Å². The molecule has 0 saturated heterocycles. The number of anilines is 1. The number of hydrogen-bond donors (Lipinski definition) is 1. The van der Waals surface area contributed by atoms with Gasteiger partial charge in [0.05, 0.1) is 11.9 Å². The molecule has 0 spiro atoms. The molecule has 2 aromatic rings. The number of halogens is 2. The molecule has 10 heteroatoms. The topological polar surface area (TPSA) is 86.8 Å². The molecule has 0 fully saturated rings. The number of nitrogens with one attached hydrogen (secondary N) is 1. The van der Waals surface area contributed by atoms with Gasteiger partial charge in [0, 0.05) is 17.6 Å². The van der Waals surface area contributed by atoms with E-state index in [1.165, 1.54) is 23.1 Å². The van der Waals surface area contributed by atoms with Gasteiger partial charge in [0.2, 0.25) is 21.8 Å². The van der Waals surface area contributed by atoms with Crippen LogP contribution in [0, 0.1) is 5.82 Å². The van der Waals surface area contributed by atoms with Crippen molar-refractivity contribution < 1.29 is 22.4 Å². The monoisotopic (exact) mass is 497 g/mol. The molecule has 7 nitrogen and oxygen atoms in total. The van der Waals surface area contributed by atoms with E-state index in [-0.39, 0.29) is 24.2 Å². The molecule has 2 atom stereocenters. The van der Waals surface area contributed by atoms with Crippen LogP contribution >= 0.6 is 11.6 Å². The number of amides is 2. The predicted molar refractivity (Wildman–Crippen MR) is 128 cm³/mol. The van der Waals surface area contributed by atoms with Gasteiger partial charge in [-0.15, -0.1) is 0 Å². The molecule has 0 heterocycles. The highest BCUT2D eigenvalue weighted by atomic mass is 35.5. The van der Waals surface area contributed by atoms with E-state index in [0.717, 1.165) is 12.3 Å². The van der Waals surface area contributed by atoms with Crippen molar-refractivity contribution in [1.82, 2.24) is 10.2 Å². The number of rotatable bonds is 10. The van der Waals surface area contributed by atoms with Gasteiger partial charge in [-0.05, 0) is 50.1 Å². The van der Waals surface area contributed by atoms with Crippen molar-refractivity contribution in [3.63, 3.8) is 0 Å². The Morgan fingerprint density at radius 2 is 1.79 bits per heavy atom. The fourth-order valence-electron chi connectivity index (χ4n) is 3.13. The largest absolute Gasteiger partial charge is 0.352 e. The smallest absolute Gasteiger partial charge is 0.244 e. The number of nitrogens with zero attached hydrogens (tertiary/aromatic N) is 2. The second kappa shape index (κ2) is 11.5. The Labute approximate surface area is 199 Å². The molecular formula is C23H29ClFN3O4S. The summed E-state index contributed by atoms with van der Waals surface area (Å²) in [7, 11) is -3.99. The first kappa shape index (κ1) is 26.6. The van der Waals surface area contributed by atoms with Crippen LogP contribution in [0.25, 0.3) is 0 Å². The maximum atomic E-state index is 14.4. The van der Waals surface area contributed by atoms with Crippen LogP contribution in [0.3, 0.4) is 0 Å². The highest BCUT2D eigenvalue weighted by molar-refractivity contribution is 7.92. The van der Waals surface area contributed by atoms with Crippen LogP contribution in [0.5, 0.6) is 0 Å². The second-order valence-electron chi connectivity index (χ2n) is 7.87. The Balaban J connectivity index is 2.40. The number of benzene rings is 2. The highest BCUT2D eigenvalue weighted by Gasteiger charge is 2.31. The lowest BCUT2D eigenvalue weighted by atomic mass is 10.1. The summed E-state index contributed by atoms with van der Waals surface area (Å²) in [5, 5.41) is 3.29. The molecule has 0 aliphatic heterocycles. The summed E-state index contributed by atoms with van der Waals surface area (Å²) in [6.07, 6.45) is 1.60. The van der Waals surface area contributed by atoms with Crippen LogP contribution < -0.4 is 9.62 Å². The molecule has 2 amide bonds. The Morgan fingerprint density at radius 3 is 2.36 bits per heavy atom. The first-order chi connectivity index (χ1) is 15.4. The summed E-state index contributed by atoms with van der Waals surface area (Å²) in [5.41, 5.74) is 0.420. The Hall–Kier alpha value is -2.65. The minimum absolute atomic E-state index is 0.0172. The molecule has 0 radical (unpaired) electrons. The molecule has 0 aliphatic carbocycles. The first-order valence-corrected chi connectivity index (χ1v) is 12.7. The minimum atomic E-state index is -3.99. The van der Waals surface area contributed by atoms with Crippen molar-refractivity contribution >= 4 is 39.1 Å². The number of sulfonamides is 1. The lowest BCUT2D eigenvalue weighted by molar-refractivity contribution is -0.139. The maximum absolute atomic E-state index is 14.4. The minimum Gasteiger partial charge on any atom is -0.352 e. The second-order valence-corrected chi connectivity index (χ2v) is 10.2. The molecule has 2 rings (SSSR count). The summed E-state index contributed by atoms with van der Waals surface area (Å²) in [6, 6.07) is 11.1. The van der Waals surface area contributed by atoms with Crippen molar-refractivity contribution in [2.75, 3.05) is 17.1 Å². The third-order valence-corrected chi connectivity index (χ3v) is 6.57. The van der Waals surface area contributed by atoms with Crippen LogP contribution in [-0.2, 0) is 26.2 Å². The molecule has 1 N–H and O–H groups in total. The molecule has 0 unspecified atom stereocenters. The average molecular weight is 498 g/mol. The molecule has 2 aromatic carbocycles. The number of carbonyl (C=O) groups excluding carboxylic acids is 2. The van der Waals surface area contributed by atoms with E-state index in [2.05, 4.69) is 5.32 Å². The van der Waals surface area contributed by atoms with Gasteiger partial charge in [0.1, 0.15) is 18.4 Å². The molecule has 0 bridgehead atoms. The zero-order valence-electron chi connectivity index (χ0n) is 19.1. The number of para-hydroxylation sites is 1. The standard InChI is InChI=1S/C23H29ClFN3O4S/c1-5-16(2)26-23(30)17(3)27(14-18-9-8-10-19(24)13-18)22(29)15-28(33(4,31)32)21-12-7-6-11-20(21)25/h6-13,16-17H,5,14-15H2,1-4H3,(H,26,30)/t16-,17+/m1/s1. The van der Waals surface area contributed by atoms with Gasteiger partial charge in [0.15, 0.2) is 0 Å². The van der Waals surface area contributed by atoms with E-state index in [1.54, 1.807) is 31.2 Å². The van der Waals surface area contributed by atoms with E-state index in [0.29, 0.717) is 21.3 Å². The highest BCUT2D eigenvalue weighted by Crippen LogP contribution is 2.22. The third-order valence-electron chi connectivity index (χ3n) is 5.21. The fourth-order valence-corrected chi connectivity index (χ4v) is 4.19. The molecule has 0 aromatic heterocycles. The molecule has 0 aliphatic rings. The zero-order chi connectivity index (χ0) is 24.8. The lowest BCUT2D eigenvalue weighted by Gasteiger charge is -2.32. The zero-order valence-corrected chi connectivity index (χ0v) is 20.7. The van der Waals surface area contributed by atoms with Gasteiger partial charge in [-0.2, -0.15) is 0 Å². The number of hydrogen-bond acceptors (Lipinski definition) is 4. The summed E-state index contributed by atoms with van der Waals surface area (Å²) >= 11 is 6.07. The van der Waals surface area contributed by atoms with Crippen molar-refractivity contribution in [1.29, 1.82) is 0 Å². The van der Waals surface area contributed by atoms with Gasteiger partial charge in [-0.25, -0.2) is 12.8 Å². The van der Waals surface area contributed by atoms with Gasteiger partial charge in [-0.3, -0.25) is 13.9 Å². The van der Waals surface area contributed by atoms with E-state index in [4.69, 9.17) is 11.6 Å². The van der Waals surface area contributed by atoms with Gasteiger partial charge < -0.3 is 10.2 Å². The van der Waals surface area contributed by atoms with E-state index >= 15 is 0 Å². The maximum Gasteiger partial charge on any atom is 0.244 e. The van der Waals surface area contributed by atoms with E-state index in [9.17, 15) is 22.4 Å². The van der Waals surface area contributed by atoms with Crippen LogP contribution in [0.4, 0.5) is 10.1 Å². The summed E-state index contributed by atoms with van der Waals surface area (Å²) < 4.78 is 39.9. The molecule has 33 heavy (non-hydrogen) atoms. The van der Waals surface area contributed by atoms with E-state index < -0.39 is 34.3 Å². The first-order valence-electron chi connectivity index (χ1n) is 10.5. The Morgan fingerprint density at radius 1 is 1.12 bits per heavy atom. The lowest BCUT2D eigenvalue weighted by Crippen LogP contribution is -2.52. The van der Waals surface area contributed by atoms with E-state index in [1.807, 2.05) is 13.8 Å². The third kappa shape index (κ3) is 7.43. The van der Waals surface area contributed by atoms with Gasteiger partial charge in [-0.1, -0.05) is 42.8 Å². The number of carbonyl (C=O) groups is 2. The molecule has 180 valence electrons. The van der Waals surface area contributed by atoms with Crippen LogP contribution in [0.1, 0.15) is 32.8 Å².